The van der Waals surface area contributed by atoms with Crippen LogP contribution in [0, 0.1) is 2.88 Å². The topological polar surface area (TPSA) is 29.5 Å². The minimum atomic E-state index is -0.415. The van der Waals surface area contributed by atoms with Crippen LogP contribution in [0.3, 0.4) is 0 Å². The van der Waals surface area contributed by atoms with Crippen molar-refractivity contribution >= 4 is 40.0 Å². The van der Waals surface area contributed by atoms with Gasteiger partial charge in [0.1, 0.15) is 5.60 Å². The third-order valence-corrected chi connectivity index (χ3v) is 4.43. The van der Waals surface area contributed by atoms with Crippen molar-refractivity contribution in [2.24, 2.45) is 0 Å². The van der Waals surface area contributed by atoms with E-state index in [4.69, 9.17) is 4.74 Å². The number of carbonyl (C=O) groups is 1. The number of halogens is 1. The molecule has 0 bridgehead atoms. The molecular formula is C12H16INO2S. The molecule has 1 aromatic heterocycles. The number of fused-ring (bicyclic) bond motifs is 1. The highest BCUT2D eigenvalue weighted by Gasteiger charge is 2.26. The summed E-state index contributed by atoms with van der Waals surface area (Å²) in [7, 11) is 0. The molecule has 0 N–H and O–H groups in total. The largest absolute Gasteiger partial charge is 0.444 e. The summed E-state index contributed by atoms with van der Waals surface area (Å²) in [5, 5.41) is 0. The standard InChI is InChI=1S/C12H16INO2S/c1-12(2,3)16-11(15)14-5-4-8-6-10(13)17-9(8)7-14/h6H,4-5,7H2,1-3H3. The predicted molar refractivity (Wildman–Crippen MR) is 77.4 cm³/mol. The molecule has 0 unspecified atom stereocenters. The maximum absolute atomic E-state index is 11.9. The first-order valence-electron chi connectivity index (χ1n) is 5.60. The van der Waals surface area contributed by atoms with Crippen LogP contribution in [0.2, 0.25) is 0 Å². The summed E-state index contributed by atoms with van der Waals surface area (Å²) in [5.41, 5.74) is 0.973. The van der Waals surface area contributed by atoms with E-state index in [9.17, 15) is 4.79 Å². The van der Waals surface area contributed by atoms with Crippen LogP contribution in [-0.2, 0) is 17.7 Å². The molecule has 0 spiro atoms. The van der Waals surface area contributed by atoms with Gasteiger partial charge in [0, 0.05) is 11.4 Å². The number of hydrogen-bond donors (Lipinski definition) is 0. The summed E-state index contributed by atoms with van der Waals surface area (Å²) in [4.78, 5) is 15.0. The Balaban J connectivity index is 2.05. The van der Waals surface area contributed by atoms with Gasteiger partial charge in [0.15, 0.2) is 0 Å². The third kappa shape index (κ3) is 3.34. The molecule has 1 amide bonds. The second kappa shape index (κ2) is 4.76. The quantitative estimate of drug-likeness (QED) is 0.657. The molecule has 1 aromatic rings. The van der Waals surface area contributed by atoms with Gasteiger partial charge in [-0.15, -0.1) is 11.3 Å². The zero-order valence-corrected chi connectivity index (χ0v) is 13.2. The fraction of sp³-hybridized carbons (Fsp3) is 0.583. The molecule has 0 atom stereocenters. The second-order valence-corrected chi connectivity index (χ2v) is 8.18. The van der Waals surface area contributed by atoms with E-state index in [0.29, 0.717) is 6.54 Å². The van der Waals surface area contributed by atoms with E-state index in [1.54, 1.807) is 16.2 Å². The van der Waals surface area contributed by atoms with Crippen molar-refractivity contribution in [2.45, 2.75) is 39.3 Å². The van der Waals surface area contributed by atoms with E-state index in [-0.39, 0.29) is 6.09 Å². The van der Waals surface area contributed by atoms with Gasteiger partial charge in [0.05, 0.1) is 9.43 Å². The Morgan fingerprint density at radius 1 is 1.53 bits per heavy atom. The first-order chi connectivity index (χ1) is 7.85. The molecule has 0 fully saturated rings. The van der Waals surface area contributed by atoms with Gasteiger partial charge in [0.25, 0.3) is 0 Å². The van der Waals surface area contributed by atoms with Crippen molar-refractivity contribution in [3.63, 3.8) is 0 Å². The molecular weight excluding hydrogens is 349 g/mol. The summed E-state index contributed by atoms with van der Waals surface area (Å²) in [6.45, 7) is 7.14. The highest BCUT2D eigenvalue weighted by molar-refractivity contribution is 14.1. The summed E-state index contributed by atoms with van der Waals surface area (Å²) in [6, 6.07) is 2.22. The van der Waals surface area contributed by atoms with Crippen molar-refractivity contribution in [3.05, 3.63) is 19.4 Å². The lowest BCUT2D eigenvalue weighted by atomic mass is 10.1. The molecule has 0 radical (unpaired) electrons. The normalized spacial score (nSPS) is 15.6. The number of nitrogens with zero attached hydrogens (tertiary/aromatic N) is 1. The molecule has 2 rings (SSSR count). The highest BCUT2D eigenvalue weighted by Crippen LogP contribution is 2.29. The third-order valence-electron chi connectivity index (χ3n) is 2.50. The van der Waals surface area contributed by atoms with Crippen LogP contribution < -0.4 is 0 Å². The van der Waals surface area contributed by atoms with E-state index >= 15 is 0 Å². The van der Waals surface area contributed by atoms with Crippen LogP contribution in [0.4, 0.5) is 4.79 Å². The van der Waals surface area contributed by atoms with Crippen molar-refractivity contribution in [1.82, 2.24) is 4.90 Å². The summed E-state index contributed by atoms with van der Waals surface area (Å²) in [6.07, 6.45) is 0.736. The fourth-order valence-corrected chi connectivity index (χ4v) is 3.89. The smallest absolute Gasteiger partial charge is 0.410 e. The molecule has 1 aliphatic heterocycles. The zero-order valence-electron chi connectivity index (χ0n) is 10.2. The van der Waals surface area contributed by atoms with E-state index in [1.165, 1.54) is 13.3 Å². The Bertz CT molecular complexity index is 436. The fourth-order valence-electron chi connectivity index (χ4n) is 1.77. The number of hydrogen-bond acceptors (Lipinski definition) is 3. The Morgan fingerprint density at radius 2 is 2.24 bits per heavy atom. The number of thiophene rings is 1. The molecule has 0 aromatic carbocycles. The van der Waals surface area contributed by atoms with E-state index in [0.717, 1.165) is 13.0 Å². The van der Waals surface area contributed by atoms with Crippen LogP contribution in [0.25, 0.3) is 0 Å². The van der Waals surface area contributed by atoms with Crippen molar-refractivity contribution < 1.29 is 9.53 Å². The number of carbonyl (C=O) groups excluding carboxylic acids is 1. The van der Waals surface area contributed by atoms with E-state index in [1.807, 2.05) is 20.8 Å². The SMILES string of the molecule is CC(C)(C)OC(=O)N1CCc2cc(I)sc2C1. The van der Waals surface area contributed by atoms with Gasteiger partial charge in [-0.05, 0) is 61.4 Å². The van der Waals surface area contributed by atoms with Gasteiger partial charge >= 0.3 is 6.09 Å². The Kier molecular flexibility index (Phi) is 3.68. The van der Waals surface area contributed by atoms with Gasteiger partial charge in [-0.2, -0.15) is 0 Å². The number of amides is 1. The first-order valence-corrected chi connectivity index (χ1v) is 7.50. The van der Waals surface area contributed by atoms with Crippen molar-refractivity contribution in [1.29, 1.82) is 0 Å². The van der Waals surface area contributed by atoms with Crippen molar-refractivity contribution in [2.75, 3.05) is 6.54 Å². The first kappa shape index (κ1) is 13.1. The van der Waals surface area contributed by atoms with Crippen LogP contribution in [0.15, 0.2) is 6.07 Å². The summed E-state index contributed by atoms with van der Waals surface area (Å²) >= 11 is 4.10. The van der Waals surface area contributed by atoms with Crippen LogP contribution >= 0.6 is 33.9 Å². The molecule has 0 aliphatic carbocycles. The van der Waals surface area contributed by atoms with Crippen molar-refractivity contribution in [3.8, 4) is 0 Å². The average Bonchev–Trinajstić information content (AvgIpc) is 2.53. The molecule has 17 heavy (non-hydrogen) atoms. The molecule has 5 heteroatoms. The highest BCUT2D eigenvalue weighted by atomic mass is 127. The zero-order chi connectivity index (χ0) is 12.6. The Morgan fingerprint density at radius 3 is 2.88 bits per heavy atom. The predicted octanol–water partition coefficient (Wildman–Crippen LogP) is 3.65. The maximum atomic E-state index is 11.9. The van der Waals surface area contributed by atoms with E-state index in [2.05, 4.69) is 28.7 Å². The lowest BCUT2D eigenvalue weighted by Gasteiger charge is -2.29. The Labute approximate surface area is 119 Å². The van der Waals surface area contributed by atoms with Gasteiger partial charge < -0.3 is 9.64 Å². The molecule has 0 saturated carbocycles. The van der Waals surface area contributed by atoms with Gasteiger partial charge in [-0.25, -0.2) is 4.79 Å². The molecule has 94 valence electrons. The molecule has 2 heterocycles. The average molecular weight is 365 g/mol. The van der Waals surface area contributed by atoms with Crippen LogP contribution in [0.5, 0.6) is 0 Å². The number of rotatable bonds is 0. The van der Waals surface area contributed by atoms with E-state index < -0.39 is 5.60 Å². The Hall–Kier alpha value is -0.300. The van der Waals surface area contributed by atoms with Crippen LogP contribution in [0.1, 0.15) is 31.2 Å². The summed E-state index contributed by atoms with van der Waals surface area (Å²) in [5.74, 6) is 0. The lowest BCUT2D eigenvalue weighted by molar-refractivity contribution is 0.0226. The molecule has 0 saturated heterocycles. The minimum absolute atomic E-state index is 0.202. The molecule has 3 nitrogen and oxygen atoms in total. The second-order valence-electron chi connectivity index (χ2n) is 5.15. The monoisotopic (exact) mass is 365 g/mol. The maximum Gasteiger partial charge on any atom is 0.410 e. The van der Waals surface area contributed by atoms with Gasteiger partial charge in [-0.3, -0.25) is 0 Å². The van der Waals surface area contributed by atoms with Gasteiger partial charge in [-0.1, -0.05) is 0 Å². The van der Waals surface area contributed by atoms with Gasteiger partial charge in [0.2, 0.25) is 0 Å². The molecule has 1 aliphatic rings. The minimum Gasteiger partial charge on any atom is -0.444 e. The lowest BCUT2D eigenvalue weighted by Crippen LogP contribution is -2.39. The summed E-state index contributed by atoms with van der Waals surface area (Å²) < 4.78 is 6.68. The number of ether oxygens (including phenoxy) is 1. The van der Waals surface area contributed by atoms with Crippen LogP contribution in [-0.4, -0.2) is 23.1 Å².